The highest BCUT2D eigenvalue weighted by Gasteiger charge is 2.09. The number of anilines is 1. The van der Waals surface area contributed by atoms with Crippen LogP contribution in [0.2, 0.25) is 0 Å². The number of fused-ring (bicyclic) bond motifs is 1. The Kier molecular flexibility index (Phi) is 3.66. The lowest BCUT2D eigenvalue weighted by molar-refractivity contribution is 0.700. The molecule has 0 bridgehead atoms. The summed E-state index contributed by atoms with van der Waals surface area (Å²) in [5.74, 6) is 0.998. The van der Waals surface area contributed by atoms with Crippen molar-refractivity contribution in [1.29, 1.82) is 0 Å². The minimum atomic E-state index is 0.388. The molecule has 4 nitrogen and oxygen atoms in total. The summed E-state index contributed by atoms with van der Waals surface area (Å²) in [7, 11) is 0. The number of pyridine rings is 1. The Hall–Kier alpha value is -1.10. The van der Waals surface area contributed by atoms with E-state index < -0.39 is 0 Å². The first kappa shape index (κ1) is 12.4. The highest BCUT2D eigenvalue weighted by molar-refractivity contribution is 9.09. The smallest absolute Gasteiger partial charge is 0.157 e. The summed E-state index contributed by atoms with van der Waals surface area (Å²) in [5, 5.41) is 7.70. The molecular formula is C12H17BrN4. The number of alkyl halides is 1. The Balaban J connectivity index is 2.25. The number of hydrogen-bond acceptors (Lipinski definition) is 3. The van der Waals surface area contributed by atoms with E-state index in [9.17, 15) is 0 Å². The van der Waals surface area contributed by atoms with Crippen molar-refractivity contribution in [2.75, 3.05) is 5.32 Å². The fourth-order valence-electron chi connectivity index (χ4n) is 1.96. The topological polar surface area (TPSA) is 42.2 Å². The molecule has 0 radical (unpaired) electrons. The van der Waals surface area contributed by atoms with Crippen LogP contribution in [0.1, 0.15) is 25.8 Å². The zero-order valence-electron chi connectivity index (χ0n) is 10.3. The molecule has 0 aliphatic rings. The number of halogens is 1. The predicted molar refractivity (Wildman–Crippen MR) is 73.8 cm³/mol. The molecule has 0 aliphatic carbocycles. The number of rotatable bonds is 4. The van der Waals surface area contributed by atoms with Gasteiger partial charge in [0.15, 0.2) is 5.65 Å². The molecule has 2 atom stereocenters. The lowest BCUT2D eigenvalue weighted by atomic mass is 10.2. The van der Waals surface area contributed by atoms with E-state index in [-0.39, 0.29) is 0 Å². The molecule has 0 saturated carbocycles. The van der Waals surface area contributed by atoms with Crippen molar-refractivity contribution < 1.29 is 0 Å². The van der Waals surface area contributed by atoms with Gasteiger partial charge in [0.25, 0.3) is 0 Å². The summed E-state index contributed by atoms with van der Waals surface area (Å²) in [4.78, 5) is 4.71. The second-order valence-corrected chi connectivity index (χ2v) is 6.07. The maximum Gasteiger partial charge on any atom is 0.157 e. The van der Waals surface area contributed by atoms with Gasteiger partial charge < -0.3 is 5.32 Å². The van der Waals surface area contributed by atoms with Crippen molar-refractivity contribution in [3.8, 4) is 0 Å². The summed E-state index contributed by atoms with van der Waals surface area (Å²) in [6.07, 6.45) is 2.64. The fourth-order valence-corrected chi connectivity index (χ4v) is 2.52. The molecule has 17 heavy (non-hydrogen) atoms. The average Bonchev–Trinajstić information content (AvgIpc) is 2.63. The molecule has 0 saturated heterocycles. The van der Waals surface area contributed by atoms with E-state index in [0.717, 1.165) is 17.9 Å². The lowest BCUT2D eigenvalue weighted by Crippen LogP contribution is -2.20. The van der Waals surface area contributed by atoms with Gasteiger partial charge in [-0.2, -0.15) is 9.61 Å². The summed E-state index contributed by atoms with van der Waals surface area (Å²) in [6.45, 7) is 6.39. The van der Waals surface area contributed by atoms with E-state index in [4.69, 9.17) is 0 Å². The average molecular weight is 297 g/mol. The van der Waals surface area contributed by atoms with Crippen molar-refractivity contribution in [1.82, 2.24) is 14.6 Å². The summed E-state index contributed by atoms with van der Waals surface area (Å²) >= 11 is 3.57. The SMILES string of the molecule is Cc1cc(NC(C)CC(C)Br)n2ncnc2c1. The van der Waals surface area contributed by atoms with Crippen molar-refractivity contribution >= 4 is 27.4 Å². The van der Waals surface area contributed by atoms with E-state index in [1.807, 2.05) is 10.6 Å². The van der Waals surface area contributed by atoms with Gasteiger partial charge in [-0.1, -0.05) is 22.9 Å². The number of hydrogen-bond donors (Lipinski definition) is 1. The van der Waals surface area contributed by atoms with Gasteiger partial charge in [0.2, 0.25) is 0 Å². The first-order chi connectivity index (χ1) is 8.06. The minimum Gasteiger partial charge on any atom is -0.367 e. The van der Waals surface area contributed by atoms with Crippen LogP contribution in [0.4, 0.5) is 5.82 Å². The molecule has 2 rings (SSSR count). The van der Waals surface area contributed by atoms with Crippen LogP contribution in [0.15, 0.2) is 18.5 Å². The molecule has 0 fully saturated rings. The van der Waals surface area contributed by atoms with Crippen LogP contribution in [0.25, 0.3) is 5.65 Å². The molecule has 2 aromatic heterocycles. The maximum atomic E-state index is 4.22. The van der Waals surface area contributed by atoms with Gasteiger partial charge in [-0.3, -0.25) is 0 Å². The third kappa shape index (κ3) is 2.97. The molecule has 0 spiro atoms. The maximum absolute atomic E-state index is 4.22. The second kappa shape index (κ2) is 5.04. The largest absolute Gasteiger partial charge is 0.367 e. The summed E-state index contributed by atoms with van der Waals surface area (Å²) in [6, 6.07) is 4.51. The monoisotopic (exact) mass is 296 g/mol. The Morgan fingerprint density at radius 1 is 1.41 bits per heavy atom. The Bertz CT molecular complexity index is 506. The van der Waals surface area contributed by atoms with Crippen LogP contribution in [-0.2, 0) is 0 Å². The van der Waals surface area contributed by atoms with Gasteiger partial charge in [0, 0.05) is 10.9 Å². The second-order valence-electron chi connectivity index (χ2n) is 4.51. The molecule has 5 heteroatoms. The van der Waals surface area contributed by atoms with Gasteiger partial charge in [-0.15, -0.1) is 0 Å². The lowest BCUT2D eigenvalue weighted by Gasteiger charge is -2.17. The van der Waals surface area contributed by atoms with Crippen molar-refractivity contribution in [3.63, 3.8) is 0 Å². The highest BCUT2D eigenvalue weighted by Crippen LogP contribution is 2.16. The summed E-state index contributed by atoms with van der Waals surface area (Å²) in [5.41, 5.74) is 2.07. The summed E-state index contributed by atoms with van der Waals surface area (Å²) < 4.78 is 1.84. The van der Waals surface area contributed by atoms with E-state index >= 15 is 0 Å². The molecule has 92 valence electrons. The zero-order valence-corrected chi connectivity index (χ0v) is 11.9. The van der Waals surface area contributed by atoms with Crippen molar-refractivity contribution in [2.45, 2.75) is 38.1 Å². The number of aryl methyl sites for hydroxylation is 1. The van der Waals surface area contributed by atoms with E-state index in [2.05, 4.69) is 58.2 Å². The molecule has 2 aromatic rings. The fraction of sp³-hybridized carbons (Fsp3) is 0.500. The van der Waals surface area contributed by atoms with Crippen LogP contribution in [0, 0.1) is 6.92 Å². The van der Waals surface area contributed by atoms with Crippen LogP contribution in [0.5, 0.6) is 0 Å². The Morgan fingerprint density at radius 3 is 2.88 bits per heavy atom. The third-order valence-corrected chi connectivity index (χ3v) is 2.97. The van der Waals surface area contributed by atoms with Gasteiger partial charge in [-0.25, -0.2) is 4.98 Å². The van der Waals surface area contributed by atoms with Gasteiger partial charge in [0.05, 0.1) is 0 Å². The first-order valence-corrected chi connectivity index (χ1v) is 6.69. The standard InChI is InChI=1S/C12H17BrN4/c1-8-4-11-14-7-15-17(11)12(5-8)16-10(3)6-9(2)13/h4-5,7,9-10,16H,6H2,1-3H3. The highest BCUT2D eigenvalue weighted by atomic mass is 79.9. The molecular weight excluding hydrogens is 280 g/mol. The number of nitrogens with one attached hydrogen (secondary N) is 1. The van der Waals surface area contributed by atoms with Gasteiger partial charge in [-0.05, 0) is 38.0 Å². The van der Waals surface area contributed by atoms with Crippen LogP contribution in [0.3, 0.4) is 0 Å². The Labute approximate surface area is 110 Å². The molecule has 2 unspecified atom stereocenters. The predicted octanol–water partition coefficient (Wildman–Crippen LogP) is 3.01. The van der Waals surface area contributed by atoms with Crippen LogP contribution < -0.4 is 5.32 Å². The minimum absolute atomic E-state index is 0.388. The van der Waals surface area contributed by atoms with E-state index in [1.165, 1.54) is 5.56 Å². The van der Waals surface area contributed by atoms with Crippen LogP contribution >= 0.6 is 15.9 Å². The van der Waals surface area contributed by atoms with Crippen molar-refractivity contribution in [2.24, 2.45) is 0 Å². The van der Waals surface area contributed by atoms with E-state index in [1.54, 1.807) is 6.33 Å². The normalized spacial score (nSPS) is 14.8. The molecule has 2 heterocycles. The molecule has 0 amide bonds. The van der Waals surface area contributed by atoms with Crippen LogP contribution in [-0.4, -0.2) is 25.5 Å². The number of aromatic nitrogens is 3. The molecule has 0 aliphatic heterocycles. The first-order valence-electron chi connectivity index (χ1n) is 5.77. The Morgan fingerprint density at radius 2 is 2.18 bits per heavy atom. The van der Waals surface area contributed by atoms with Gasteiger partial charge >= 0.3 is 0 Å². The van der Waals surface area contributed by atoms with E-state index in [0.29, 0.717) is 10.9 Å². The van der Waals surface area contributed by atoms with Gasteiger partial charge in [0.1, 0.15) is 12.1 Å². The van der Waals surface area contributed by atoms with Crippen molar-refractivity contribution in [3.05, 3.63) is 24.0 Å². The quantitative estimate of drug-likeness (QED) is 0.882. The molecule has 1 N–H and O–H groups in total. The third-order valence-electron chi connectivity index (χ3n) is 2.60. The molecule has 0 aromatic carbocycles. The number of nitrogens with zero attached hydrogens (tertiary/aromatic N) is 3. The zero-order chi connectivity index (χ0) is 12.4.